The lowest BCUT2D eigenvalue weighted by molar-refractivity contribution is -0.372. The normalized spacial score (nSPS) is 24.0. The number of ether oxygens (including phenoxy) is 5. The lowest BCUT2D eigenvalue weighted by Crippen LogP contribution is -2.65. The number of carbonyl (C=O) groups excluding carboxylic acids is 8. The highest BCUT2D eigenvalue weighted by Crippen LogP contribution is 2.35. The van der Waals surface area contributed by atoms with Crippen molar-refractivity contribution in [3.63, 3.8) is 0 Å². The van der Waals surface area contributed by atoms with E-state index in [0.717, 1.165) is 24.7 Å². The molecular weight excluding hydrogens is 1330 g/mol. The molecule has 41 heteroatoms. The van der Waals surface area contributed by atoms with Gasteiger partial charge in [0.05, 0.1) is 85.2 Å². The quantitative estimate of drug-likeness (QED) is 0.0150. The number of aromatic amines is 1. The van der Waals surface area contributed by atoms with Gasteiger partial charge >= 0.3 is 6.09 Å². The van der Waals surface area contributed by atoms with E-state index in [1.54, 1.807) is 10.8 Å². The number of amides is 8. The fraction of sp³-hybridized carbons (Fsp3) is 0.618. The van der Waals surface area contributed by atoms with E-state index in [9.17, 15) is 74.4 Å². The van der Waals surface area contributed by atoms with E-state index in [-0.39, 0.29) is 64.9 Å². The number of carbonyl (C=O) groups is 8. The fourth-order valence-corrected chi connectivity index (χ4v) is 12.1. The maximum atomic E-state index is 15.2. The summed E-state index contributed by atoms with van der Waals surface area (Å²) in [5.41, 5.74) is 28.1. The van der Waals surface area contributed by atoms with Crippen LogP contribution in [0.5, 0.6) is 0 Å². The highest BCUT2D eigenvalue weighted by Gasteiger charge is 2.54. The van der Waals surface area contributed by atoms with Crippen LogP contribution in [-0.2, 0) is 65.0 Å². The number of nitrogens with zero attached hydrogens (tertiary/aromatic N) is 5. The first-order chi connectivity index (χ1) is 45.3. The second-order valence-electron chi connectivity index (χ2n) is 22.8. The van der Waals surface area contributed by atoms with Gasteiger partial charge in [0.1, 0.15) is 100 Å². The molecule has 0 bridgehead atoms. The number of aliphatic hydroxyl groups excluding tert-OH is 8. The molecule has 2 aliphatic rings. The standard InChI is InChI=1S/C55H83N17O21S3/c1-20-33(69-46(72-44(20)58)25(12-31(57)76)64-13-24(56)45(59)82)50(86)71-35(41(26-14-61-19-65-26)91-54-43(39(80)37(78)29(15-73)90-54)92-53-40(81)42(93-55(60)88)38(79)30(16-74)89-53)51(87)66-22(3)36(77)21(2)47(83)70-34(23(4)75)49(85)63-10-8-32-67-28(18-94-32)52-68-27(17-95-52)48(84)62-9-7-11-96(5)6/h14,17-19,21-25,29-30,34-43,53-54,64,73-75,77-81H,7-13,15-16,56H2,1-6H3,(H13-,57,58,59,60,61,62,63,65,66,69,70,71,72,76,82,83,84,85,86,87,88)/p+1/t21-,22+,23-,24+,25-,29-,30-,34+,35+,36-,37-,38-,39-,40-,41-,42-,43-,53-,54-/m1/s1. The molecule has 4 aromatic rings. The summed E-state index contributed by atoms with van der Waals surface area (Å²) in [5.74, 6) is -7.69. The van der Waals surface area contributed by atoms with Gasteiger partial charge in [0, 0.05) is 55.2 Å². The van der Waals surface area contributed by atoms with Crippen molar-refractivity contribution in [3.8, 4) is 10.7 Å². The summed E-state index contributed by atoms with van der Waals surface area (Å²) >= 11 is 2.52. The number of rotatable bonds is 35. The van der Waals surface area contributed by atoms with Crippen molar-refractivity contribution in [2.45, 2.75) is 157 Å². The van der Waals surface area contributed by atoms with Crippen LogP contribution in [0.1, 0.15) is 88.8 Å². The summed E-state index contributed by atoms with van der Waals surface area (Å²) in [4.78, 5) is 131. The van der Waals surface area contributed by atoms with Crippen molar-refractivity contribution in [3.05, 3.63) is 56.8 Å². The Balaban J connectivity index is 1.26. The smallest absolute Gasteiger partial charge is 0.404 e. The number of aromatic nitrogens is 6. The Labute approximate surface area is 559 Å². The van der Waals surface area contributed by atoms with Crippen LogP contribution in [0.4, 0.5) is 10.6 Å². The topological polar surface area (TPSA) is 627 Å². The van der Waals surface area contributed by atoms with Crippen molar-refractivity contribution in [2.24, 2.45) is 28.9 Å². The molecule has 8 amide bonds. The molecule has 0 aliphatic carbocycles. The molecule has 96 heavy (non-hydrogen) atoms. The number of H-pyrrole nitrogens is 1. The number of nitrogens with two attached hydrogens (primary N) is 5. The number of thiazole rings is 2. The first-order valence-corrected chi connectivity index (χ1v) is 33.8. The van der Waals surface area contributed by atoms with E-state index in [4.69, 9.17) is 52.4 Å². The van der Waals surface area contributed by atoms with Gasteiger partial charge in [-0.05, 0) is 31.7 Å². The van der Waals surface area contributed by atoms with Gasteiger partial charge in [0.15, 0.2) is 18.7 Å². The largest absolute Gasteiger partial charge is 0.441 e. The molecule has 0 unspecified atom stereocenters. The van der Waals surface area contributed by atoms with Crippen molar-refractivity contribution in [2.75, 3.05) is 56.8 Å². The number of hydrogen-bond acceptors (Lipinski definition) is 31. The van der Waals surface area contributed by atoms with Crippen molar-refractivity contribution >= 4 is 86.8 Å². The number of nitrogen functional groups attached to an aromatic ring is 1. The molecule has 2 saturated heterocycles. The molecule has 0 spiro atoms. The molecule has 0 saturated carbocycles. The molecule has 6 rings (SSSR count). The molecule has 6 heterocycles. The number of anilines is 1. The average Bonchev–Trinajstić information content (AvgIpc) is 0.885. The van der Waals surface area contributed by atoms with Gasteiger partial charge in [0.25, 0.3) is 11.8 Å². The number of nitrogens with one attached hydrogen (secondary N) is 7. The van der Waals surface area contributed by atoms with Gasteiger partial charge in [-0.25, -0.2) is 29.7 Å². The van der Waals surface area contributed by atoms with Gasteiger partial charge in [-0.1, -0.05) is 6.92 Å². The Hall–Kier alpha value is -7.30. The maximum Gasteiger partial charge on any atom is 0.404 e. The maximum absolute atomic E-state index is 15.2. The van der Waals surface area contributed by atoms with Crippen molar-refractivity contribution < 1.29 is 103 Å². The summed E-state index contributed by atoms with van der Waals surface area (Å²) < 4.78 is 28.7. The Morgan fingerprint density at radius 2 is 1.47 bits per heavy atom. The van der Waals surface area contributed by atoms with Crippen LogP contribution in [-0.4, -0.2) is 267 Å². The molecule has 19 atom stereocenters. The van der Waals surface area contributed by atoms with Crippen LogP contribution < -0.4 is 60.6 Å². The van der Waals surface area contributed by atoms with E-state index in [0.29, 0.717) is 22.3 Å². The van der Waals surface area contributed by atoms with Crippen LogP contribution in [0.2, 0.25) is 0 Å². The lowest BCUT2D eigenvalue weighted by atomic mass is 9.96. The monoisotopic (exact) mass is 1410 g/mol. The molecule has 2 aliphatic heterocycles. The van der Waals surface area contributed by atoms with E-state index in [1.807, 2.05) is 0 Å². The number of primary amides is 3. The molecule has 4 aromatic heterocycles. The molecular formula is C55H84N17O21S3+. The summed E-state index contributed by atoms with van der Waals surface area (Å²) in [7, 11) is 0.254. The van der Waals surface area contributed by atoms with Crippen LogP contribution >= 0.6 is 22.7 Å². The van der Waals surface area contributed by atoms with Gasteiger partial charge in [0.2, 0.25) is 29.5 Å². The SMILES string of the molecule is Cc1c(N)nc([C@@H](CC(N)=O)NC[C@H](N)C(N)=O)nc1C(=O)N[C@H](C(=O)N[C@@H](C)[C@H](O)[C@@H](C)C(=O)N[C@H](C(=O)NCCc1nc(-c2nc(C(=O)NCCC[S+](C)C)cs2)cs1)[C@@H](C)O)[C@H](O[C@H]1O[C@H](CO)[C@@H](O)[C@@H](O)[C@H]1O[C@H]1O[C@H](CO)[C@@H](O)[C@@H](OC(N)=O)[C@H]1O)c1cnc[nH]1. The Morgan fingerprint density at radius 3 is 2.09 bits per heavy atom. The minimum Gasteiger partial charge on any atom is -0.441 e. The summed E-state index contributed by atoms with van der Waals surface area (Å²) in [5, 5.41) is 108. The zero-order chi connectivity index (χ0) is 71.0. The zero-order valence-electron chi connectivity index (χ0n) is 52.9. The zero-order valence-corrected chi connectivity index (χ0v) is 55.3. The van der Waals surface area contributed by atoms with Gasteiger partial charge in [-0.3, -0.25) is 33.6 Å². The molecule has 2 fully saturated rings. The van der Waals surface area contributed by atoms with Crippen molar-refractivity contribution in [1.82, 2.24) is 61.8 Å². The first-order valence-electron chi connectivity index (χ1n) is 29.8. The molecule has 38 nitrogen and oxygen atoms in total. The highest BCUT2D eigenvalue weighted by molar-refractivity contribution is 7.95. The summed E-state index contributed by atoms with van der Waals surface area (Å²) in [6.07, 6.45) is -20.0. The fourth-order valence-electron chi connectivity index (χ4n) is 9.80. The lowest BCUT2D eigenvalue weighted by Gasteiger charge is -2.47. The Morgan fingerprint density at radius 1 is 0.781 bits per heavy atom. The third-order valence-electron chi connectivity index (χ3n) is 15.3. The average molecular weight is 1420 g/mol. The van der Waals surface area contributed by atoms with Gasteiger partial charge in [-0.15, -0.1) is 22.7 Å². The predicted octanol–water partition coefficient (Wildman–Crippen LogP) is -7.70. The number of hydrogen-bond donors (Lipinski definition) is 20. The highest BCUT2D eigenvalue weighted by atomic mass is 32.2. The van der Waals surface area contributed by atoms with Crippen LogP contribution in [0.15, 0.2) is 23.3 Å². The minimum atomic E-state index is -2.20. The second-order valence-corrected chi connectivity index (χ2v) is 27.0. The molecule has 0 aromatic carbocycles. The summed E-state index contributed by atoms with van der Waals surface area (Å²) in [6, 6.07) is -7.85. The first kappa shape index (κ1) is 77.7. The van der Waals surface area contributed by atoms with E-state index >= 15 is 4.79 Å². The summed E-state index contributed by atoms with van der Waals surface area (Å²) in [6.45, 7) is 3.18. The van der Waals surface area contributed by atoms with E-state index in [1.165, 1.54) is 50.4 Å². The van der Waals surface area contributed by atoms with Crippen LogP contribution in [0.25, 0.3) is 10.7 Å². The van der Waals surface area contributed by atoms with E-state index < -0.39 is 183 Å². The molecule has 532 valence electrons. The Bertz CT molecular complexity index is 3280. The Kier molecular flexibility index (Phi) is 29.0. The predicted molar refractivity (Wildman–Crippen MR) is 339 cm³/mol. The number of imidazole rings is 1. The molecule has 25 N–H and O–H groups in total. The van der Waals surface area contributed by atoms with Gasteiger partial charge < -0.3 is 130 Å². The third-order valence-corrected chi connectivity index (χ3v) is 18.2. The minimum absolute atomic E-state index is 0.00498. The molecule has 0 radical (unpaired) electrons. The van der Waals surface area contributed by atoms with Crippen LogP contribution in [0.3, 0.4) is 0 Å². The number of aliphatic hydroxyl groups is 8. The third kappa shape index (κ3) is 20.6. The van der Waals surface area contributed by atoms with Gasteiger partial charge in [-0.2, -0.15) is 0 Å². The van der Waals surface area contributed by atoms with Crippen LogP contribution in [0, 0.1) is 12.8 Å². The van der Waals surface area contributed by atoms with E-state index in [2.05, 4.69) is 74.3 Å². The second kappa shape index (κ2) is 35.8. The van der Waals surface area contributed by atoms with Crippen molar-refractivity contribution in [1.29, 1.82) is 0 Å².